The van der Waals surface area contributed by atoms with Crippen LogP contribution in [0.2, 0.25) is 0 Å². The Labute approximate surface area is 455 Å². The third-order valence-electron chi connectivity index (χ3n) is 14.6. The van der Waals surface area contributed by atoms with Crippen LogP contribution < -0.4 is 0 Å². The predicted molar refractivity (Wildman–Crippen MR) is 320 cm³/mol. The van der Waals surface area contributed by atoms with Gasteiger partial charge in [0.15, 0.2) is 6.10 Å². The highest BCUT2D eigenvalue weighted by Crippen LogP contribution is 2.18. The molecule has 0 aromatic carbocycles. The summed E-state index contributed by atoms with van der Waals surface area (Å²) in [5, 5.41) is 9.69. The van der Waals surface area contributed by atoms with Crippen LogP contribution in [0, 0.1) is 0 Å². The van der Waals surface area contributed by atoms with Gasteiger partial charge in [0.25, 0.3) is 0 Å². The molecule has 0 aliphatic rings. The molecule has 1 unspecified atom stereocenters. The Morgan fingerprint density at radius 2 is 0.589 bits per heavy atom. The molecule has 0 radical (unpaired) electrons. The fourth-order valence-corrected chi connectivity index (χ4v) is 9.76. The summed E-state index contributed by atoms with van der Waals surface area (Å²) in [6, 6.07) is 0. The van der Waals surface area contributed by atoms with E-state index in [0.717, 1.165) is 64.2 Å². The smallest absolute Gasteiger partial charge is 0.306 e. The van der Waals surface area contributed by atoms with Crippen molar-refractivity contribution in [1.82, 2.24) is 0 Å². The summed E-state index contributed by atoms with van der Waals surface area (Å²) in [5.41, 5.74) is 0. The van der Waals surface area contributed by atoms with Gasteiger partial charge in [-0.15, -0.1) is 0 Å². The van der Waals surface area contributed by atoms with Crippen molar-refractivity contribution in [2.45, 2.75) is 347 Å². The lowest BCUT2D eigenvalue weighted by Gasteiger charge is -2.15. The van der Waals surface area contributed by atoms with Gasteiger partial charge in [-0.1, -0.05) is 331 Å². The second kappa shape index (κ2) is 63.9. The molecule has 1 N–H and O–H groups in total. The van der Waals surface area contributed by atoms with Crippen molar-refractivity contribution >= 4 is 11.9 Å². The number of aliphatic hydroxyl groups excluding tert-OH is 1. The van der Waals surface area contributed by atoms with Crippen molar-refractivity contribution in [3.05, 3.63) is 60.8 Å². The second-order valence-electron chi connectivity index (χ2n) is 21.8. The van der Waals surface area contributed by atoms with Crippen LogP contribution in [0.3, 0.4) is 0 Å². The van der Waals surface area contributed by atoms with Gasteiger partial charge < -0.3 is 14.6 Å². The molecule has 73 heavy (non-hydrogen) atoms. The number of hydrogen-bond donors (Lipinski definition) is 1. The van der Waals surface area contributed by atoms with Gasteiger partial charge in [-0.05, 0) is 57.8 Å². The van der Waals surface area contributed by atoms with Gasteiger partial charge in [0.05, 0.1) is 6.61 Å². The van der Waals surface area contributed by atoms with Crippen LogP contribution in [0.1, 0.15) is 341 Å². The Morgan fingerprint density at radius 1 is 0.329 bits per heavy atom. The molecule has 0 heterocycles. The molecular weight excluding hydrogens is 897 g/mol. The van der Waals surface area contributed by atoms with Crippen molar-refractivity contribution in [3.63, 3.8) is 0 Å². The monoisotopic (exact) mass is 1020 g/mol. The van der Waals surface area contributed by atoms with Crippen LogP contribution >= 0.6 is 0 Å². The molecule has 0 rings (SSSR count). The topological polar surface area (TPSA) is 72.8 Å². The largest absolute Gasteiger partial charge is 0.462 e. The molecule has 426 valence electrons. The van der Waals surface area contributed by atoms with Gasteiger partial charge in [0, 0.05) is 12.8 Å². The molecule has 0 fully saturated rings. The predicted octanol–water partition coefficient (Wildman–Crippen LogP) is 22.1. The molecular formula is C68H124O5. The first-order valence-electron chi connectivity index (χ1n) is 32.3. The fourth-order valence-electron chi connectivity index (χ4n) is 9.76. The van der Waals surface area contributed by atoms with Crippen molar-refractivity contribution in [2.24, 2.45) is 0 Å². The van der Waals surface area contributed by atoms with Gasteiger partial charge in [-0.25, -0.2) is 0 Å². The summed E-state index contributed by atoms with van der Waals surface area (Å²) < 4.78 is 10.8. The Bertz CT molecular complexity index is 1250. The summed E-state index contributed by atoms with van der Waals surface area (Å²) in [5.74, 6) is -0.571. The first kappa shape index (κ1) is 70.6. The quantitative estimate of drug-likeness (QED) is 0.0373. The Kier molecular flexibility index (Phi) is 61.8. The maximum Gasteiger partial charge on any atom is 0.306 e. The van der Waals surface area contributed by atoms with Gasteiger partial charge in [0.1, 0.15) is 6.61 Å². The van der Waals surface area contributed by atoms with Crippen LogP contribution in [0.4, 0.5) is 0 Å². The van der Waals surface area contributed by atoms with E-state index in [-0.39, 0.29) is 25.2 Å². The van der Waals surface area contributed by atoms with Crippen LogP contribution in [-0.2, 0) is 19.1 Å². The lowest BCUT2D eigenvalue weighted by molar-refractivity contribution is -0.161. The number of ether oxygens (including phenoxy) is 2. The van der Waals surface area contributed by atoms with E-state index in [9.17, 15) is 14.7 Å². The molecule has 0 saturated carbocycles. The Morgan fingerprint density at radius 3 is 0.890 bits per heavy atom. The highest BCUT2D eigenvalue weighted by molar-refractivity contribution is 5.70. The van der Waals surface area contributed by atoms with Gasteiger partial charge in [-0.2, -0.15) is 0 Å². The zero-order chi connectivity index (χ0) is 52.7. The maximum atomic E-state index is 12.3. The van der Waals surface area contributed by atoms with E-state index in [0.29, 0.717) is 12.8 Å². The molecule has 5 heteroatoms. The maximum absolute atomic E-state index is 12.3. The first-order valence-corrected chi connectivity index (χ1v) is 32.3. The third-order valence-corrected chi connectivity index (χ3v) is 14.6. The van der Waals surface area contributed by atoms with E-state index < -0.39 is 6.10 Å². The standard InChI is InChI=1S/C68H124O5/c1-3-5-7-9-11-13-15-17-19-21-23-25-27-29-31-32-33-34-35-36-37-39-41-43-45-47-49-51-53-55-57-59-61-63-68(71)73-66(64-69)65-72-67(70)62-60-58-56-54-52-50-48-46-44-42-40-38-30-28-26-24-22-20-18-16-14-12-10-8-6-4-2/h5,7,11,13,17,19,23,25,29,31,66,69H,3-4,6,8-10,12,14-16,18,20-22,24,26-28,30,32-65H2,1-2H3/b7-5-,13-11-,19-17-,25-23-,31-29-. The van der Waals surface area contributed by atoms with E-state index in [4.69, 9.17) is 9.47 Å². The van der Waals surface area contributed by atoms with Crippen molar-refractivity contribution in [1.29, 1.82) is 0 Å². The number of esters is 2. The molecule has 0 bridgehead atoms. The van der Waals surface area contributed by atoms with E-state index in [1.165, 1.54) is 250 Å². The van der Waals surface area contributed by atoms with Crippen LogP contribution in [0.5, 0.6) is 0 Å². The minimum atomic E-state index is -0.771. The number of allylic oxidation sites excluding steroid dienone is 10. The van der Waals surface area contributed by atoms with Crippen molar-refractivity contribution < 1.29 is 24.2 Å². The number of aliphatic hydroxyl groups is 1. The second-order valence-corrected chi connectivity index (χ2v) is 21.8. The van der Waals surface area contributed by atoms with E-state index in [2.05, 4.69) is 74.6 Å². The lowest BCUT2D eigenvalue weighted by atomic mass is 10.0. The molecule has 0 amide bonds. The lowest BCUT2D eigenvalue weighted by Crippen LogP contribution is -2.28. The fraction of sp³-hybridized carbons (Fsp3) is 0.824. The zero-order valence-electron chi connectivity index (χ0n) is 48.9. The Hall–Kier alpha value is -2.40. The summed E-state index contributed by atoms with van der Waals surface area (Å²) in [7, 11) is 0. The Balaban J connectivity index is 3.42. The molecule has 0 aliphatic carbocycles. The summed E-state index contributed by atoms with van der Waals surface area (Å²) in [6.45, 7) is 4.08. The summed E-state index contributed by atoms with van der Waals surface area (Å²) in [4.78, 5) is 24.6. The molecule has 0 aromatic rings. The van der Waals surface area contributed by atoms with E-state index in [1.54, 1.807) is 0 Å². The molecule has 5 nitrogen and oxygen atoms in total. The van der Waals surface area contributed by atoms with Crippen LogP contribution in [0.25, 0.3) is 0 Å². The average Bonchev–Trinajstić information content (AvgIpc) is 3.39. The zero-order valence-corrected chi connectivity index (χ0v) is 48.9. The highest BCUT2D eigenvalue weighted by atomic mass is 16.6. The SMILES string of the molecule is CC/C=C\C/C=C\C/C=C\C/C=C\C/C=C\CCCCCCCCCCCCCCCCCCCC(=O)OC(CO)COC(=O)CCCCCCCCCCCCCCCCCCCCCCCCCCCC. The van der Waals surface area contributed by atoms with E-state index >= 15 is 0 Å². The number of unbranched alkanes of at least 4 members (excludes halogenated alkanes) is 42. The highest BCUT2D eigenvalue weighted by Gasteiger charge is 2.16. The first-order chi connectivity index (χ1) is 36.1. The van der Waals surface area contributed by atoms with Gasteiger partial charge in [0.2, 0.25) is 0 Å². The molecule has 0 aliphatic heterocycles. The number of carbonyl (C=O) groups excluding carboxylic acids is 2. The number of rotatable bonds is 60. The van der Waals surface area contributed by atoms with Crippen LogP contribution in [0.15, 0.2) is 60.8 Å². The normalized spacial score (nSPS) is 12.5. The molecule has 0 saturated heterocycles. The third kappa shape index (κ3) is 62.0. The summed E-state index contributed by atoms with van der Waals surface area (Å²) in [6.07, 6.45) is 86.6. The van der Waals surface area contributed by atoms with E-state index in [1.807, 2.05) is 0 Å². The molecule has 0 spiro atoms. The number of hydrogen-bond acceptors (Lipinski definition) is 5. The van der Waals surface area contributed by atoms with Crippen LogP contribution in [-0.4, -0.2) is 36.4 Å². The minimum absolute atomic E-state index is 0.0610. The summed E-state index contributed by atoms with van der Waals surface area (Å²) >= 11 is 0. The molecule has 0 aromatic heterocycles. The van der Waals surface area contributed by atoms with Crippen molar-refractivity contribution in [3.8, 4) is 0 Å². The van der Waals surface area contributed by atoms with Crippen molar-refractivity contribution in [2.75, 3.05) is 13.2 Å². The van der Waals surface area contributed by atoms with Gasteiger partial charge >= 0.3 is 11.9 Å². The molecule has 1 atom stereocenters. The van der Waals surface area contributed by atoms with Gasteiger partial charge in [-0.3, -0.25) is 9.59 Å². The number of carbonyl (C=O) groups is 2. The minimum Gasteiger partial charge on any atom is -0.462 e. The average molecular weight is 1020 g/mol.